The highest BCUT2D eigenvalue weighted by molar-refractivity contribution is 5.87. The van der Waals surface area contributed by atoms with E-state index in [1.807, 2.05) is 12.1 Å². The van der Waals surface area contributed by atoms with Gasteiger partial charge in [0.05, 0.1) is 5.56 Å². The first-order valence-corrected chi connectivity index (χ1v) is 7.20. The quantitative estimate of drug-likeness (QED) is 0.854. The van der Waals surface area contributed by atoms with Crippen molar-refractivity contribution < 1.29 is 9.90 Å². The van der Waals surface area contributed by atoms with Crippen LogP contribution < -0.4 is 5.32 Å². The molecule has 2 aliphatic carbocycles. The van der Waals surface area contributed by atoms with Gasteiger partial charge in [-0.15, -0.1) is 0 Å². The molecule has 2 bridgehead atoms. The predicted molar refractivity (Wildman–Crippen MR) is 74.1 cm³/mol. The van der Waals surface area contributed by atoms with Crippen molar-refractivity contribution in [2.24, 2.45) is 11.3 Å². The average Bonchev–Trinajstić information content (AvgIpc) is 3.00. The molecule has 2 saturated carbocycles. The molecule has 0 aromatic heterocycles. The zero-order valence-corrected chi connectivity index (χ0v) is 11.2. The van der Waals surface area contributed by atoms with Gasteiger partial charge in [-0.2, -0.15) is 0 Å². The van der Waals surface area contributed by atoms with Crippen LogP contribution >= 0.6 is 0 Å². The molecule has 3 heteroatoms. The van der Waals surface area contributed by atoms with Crippen LogP contribution in [0.5, 0.6) is 0 Å². The second-order valence-corrected chi connectivity index (χ2v) is 6.25. The number of benzene rings is 1. The van der Waals surface area contributed by atoms with E-state index < -0.39 is 5.97 Å². The minimum absolute atomic E-state index is 0.358. The predicted octanol–water partition coefficient (Wildman–Crippen LogP) is 3.05. The standard InChI is InChI=1S/C16H21NO2/c18-15(19)14-3-1-13(2-4-14)10-17-11-16-7-5-12(9-16)6-8-16/h1-4,12,17H,5-11H2,(H,18,19). The molecule has 2 fully saturated rings. The summed E-state index contributed by atoms with van der Waals surface area (Å²) in [5, 5.41) is 12.4. The first-order chi connectivity index (χ1) is 9.17. The summed E-state index contributed by atoms with van der Waals surface area (Å²) >= 11 is 0. The van der Waals surface area contributed by atoms with E-state index in [1.54, 1.807) is 12.1 Å². The summed E-state index contributed by atoms with van der Waals surface area (Å²) in [6.07, 6.45) is 7.05. The topological polar surface area (TPSA) is 49.3 Å². The molecule has 0 amide bonds. The lowest BCUT2D eigenvalue weighted by atomic mass is 9.84. The number of fused-ring (bicyclic) bond motifs is 2. The number of carboxylic acids is 1. The minimum atomic E-state index is -0.860. The maximum atomic E-state index is 10.8. The maximum absolute atomic E-state index is 10.8. The molecule has 2 aliphatic rings. The molecule has 19 heavy (non-hydrogen) atoms. The number of nitrogens with one attached hydrogen (secondary N) is 1. The highest BCUT2D eigenvalue weighted by Gasteiger charge is 2.44. The van der Waals surface area contributed by atoms with Crippen molar-refractivity contribution in [3.8, 4) is 0 Å². The van der Waals surface area contributed by atoms with E-state index >= 15 is 0 Å². The molecule has 0 atom stereocenters. The first kappa shape index (κ1) is 12.7. The van der Waals surface area contributed by atoms with E-state index in [-0.39, 0.29) is 0 Å². The Labute approximate surface area is 114 Å². The molecular weight excluding hydrogens is 238 g/mol. The van der Waals surface area contributed by atoms with Crippen LogP contribution in [-0.4, -0.2) is 17.6 Å². The van der Waals surface area contributed by atoms with Gasteiger partial charge >= 0.3 is 5.97 Å². The van der Waals surface area contributed by atoms with Gasteiger partial charge < -0.3 is 10.4 Å². The van der Waals surface area contributed by atoms with E-state index in [4.69, 9.17) is 5.11 Å². The monoisotopic (exact) mass is 259 g/mol. The summed E-state index contributed by atoms with van der Waals surface area (Å²) in [6, 6.07) is 7.16. The molecule has 1 aromatic rings. The fourth-order valence-electron chi connectivity index (χ4n) is 3.80. The molecule has 3 rings (SSSR count). The van der Waals surface area contributed by atoms with Crippen molar-refractivity contribution in [3.63, 3.8) is 0 Å². The number of carboxylic acid groups (broad SMARTS) is 1. The fraction of sp³-hybridized carbons (Fsp3) is 0.562. The third kappa shape index (κ3) is 2.66. The van der Waals surface area contributed by atoms with E-state index in [0.717, 1.165) is 24.6 Å². The molecule has 102 valence electrons. The lowest BCUT2D eigenvalue weighted by Crippen LogP contribution is -2.30. The highest BCUT2D eigenvalue weighted by Crippen LogP contribution is 2.53. The van der Waals surface area contributed by atoms with Crippen LogP contribution in [0.1, 0.15) is 48.0 Å². The van der Waals surface area contributed by atoms with Crippen molar-refractivity contribution in [1.82, 2.24) is 5.32 Å². The zero-order valence-electron chi connectivity index (χ0n) is 11.2. The van der Waals surface area contributed by atoms with Crippen molar-refractivity contribution in [2.45, 2.75) is 38.6 Å². The largest absolute Gasteiger partial charge is 0.478 e. The molecule has 0 spiro atoms. The summed E-state index contributed by atoms with van der Waals surface area (Å²) in [6.45, 7) is 1.95. The molecule has 0 unspecified atom stereocenters. The summed E-state index contributed by atoms with van der Waals surface area (Å²) < 4.78 is 0. The lowest BCUT2D eigenvalue weighted by molar-refractivity contribution is 0.0697. The average molecular weight is 259 g/mol. The minimum Gasteiger partial charge on any atom is -0.478 e. The van der Waals surface area contributed by atoms with Gasteiger partial charge in [-0.05, 0) is 61.1 Å². The van der Waals surface area contributed by atoms with Gasteiger partial charge in [0.25, 0.3) is 0 Å². The van der Waals surface area contributed by atoms with Crippen molar-refractivity contribution in [2.75, 3.05) is 6.54 Å². The zero-order chi connectivity index (χ0) is 13.3. The first-order valence-electron chi connectivity index (χ1n) is 7.20. The van der Waals surface area contributed by atoms with Gasteiger partial charge in [0.2, 0.25) is 0 Å². The van der Waals surface area contributed by atoms with Crippen LogP contribution in [0, 0.1) is 11.3 Å². The van der Waals surface area contributed by atoms with Gasteiger partial charge in [-0.3, -0.25) is 0 Å². The SMILES string of the molecule is O=C(O)c1ccc(CNCC23CCC(CC2)C3)cc1. The number of aromatic carboxylic acids is 1. The third-order valence-electron chi connectivity index (χ3n) is 4.92. The van der Waals surface area contributed by atoms with Crippen LogP contribution in [0.4, 0.5) is 0 Å². The third-order valence-corrected chi connectivity index (χ3v) is 4.92. The highest BCUT2D eigenvalue weighted by atomic mass is 16.4. The number of carbonyl (C=O) groups is 1. The van der Waals surface area contributed by atoms with Crippen LogP contribution in [0.3, 0.4) is 0 Å². The Hall–Kier alpha value is -1.35. The second-order valence-electron chi connectivity index (χ2n) is 6.25. The maximum Gasteiger partial charge on any atom is 0.335 e. The Morgan fingerprint density at radius 1 is 1.26 bits per heavy atom. The molecule has 0 radical (unpaired) electrons. The van der Waals surface area contributed by atoms with E-state index in [9.17, 15) is 4.79 Å². The Balaban J connectivity index is 1.51. The molecule has 0 aliphatic heterocycles. The Morgan fingerprint density at radius 2 is 1.95 bits per heavy atom. The van der Waals surface area contributed by atoms with Gasteiger partial charge in [0.15, 0.2) is 0 Å². The Bertz CT molecular complexity index is 458. The summed E-state index contributed by atoms with van der Waals surface area (Å²) in [5.41, 5.74) is 2.09. The van der Waals surface area contributed by atoms with Crippen LogP contribution in [0.2, 0.25) is 0 Å². The Kier molecular flexibility index (Phi) is 3.31. The number of hydrogen-bond acceptors (Lipinski definition) is 2. The molecule has 2 N–H and O–H groups in total. The van der Waals surface area contributed by atoms with E-state index in [1.165, 1.54) is 32.1 Å². The van der Waals surface area contributed by atoms with Gasteiger partial charge in [-0.1, -0.05) is 12.1 Å². The summed E-state index contributed by atoms with van der Waals surface area (Å²) in [5.74, 6) is 0.137. The second kappa shape index (κ2) is 4.97. The van der Waals surface area contributed by atoms with Gasteiger partial charge in [-0.25, -0.2) is 4.79 Å². The van der Waals surface area contributed by atoms with E-state index in [2.05, 4.69) is 5.32 Å². The molecule has 3 nitrogen and oxygen atoms in total. The van der Waals surface area contributed by atoms with Gasteiger partial charge in [0, 0.05) is 13.1 Å². The lowest BCUT2D eigenvalue weighted by Gasteiger charge is -2.26. The smallest absolute Gasteiger partial charge is 0.335 e. The molecular formula is C16H21NO2. The van der Waals surface area contributed by atoms with Crippen molar-refractivity contribution in [3.05, 3.63) is 35.4 Å². The van der Waals surface area contributed by atoms with E-state index in [0.29, 0.717) is 11.0 Å². The number of rotatable bonds is 5. The molecule has 1 aromatic carbocycles. The normalized spacial score (nSPS) is 28.7. The molecule has 0 saturated heterocycles. The molecule has 0 heterocycles. The van der Waals surface area contributed by atoms with Crippen LogP contribution in [0.15, 0.2) is 24.3 Å². The van der Waals surface area contributed by atoms with Gasteiger partial charge in [0.1, 0.15) is 0 Å². The van der Waals surface area contributed by atoms with Crippen LogP contribution in [0.25, 0.3) is 0 Å². The van der Waals surface area contributed by atoms with Crippen LogP contribution in [-0.2, 0) is 6.54 Å². The van der Waals surface area contributed by atoms with Crippen molar-refractivity contribution >= 4 is 5.97 Å². The summed E-state index contributed by atoms with van der Waals surface area (Å²) in [7, 11) is 0. The van der Waals surface area contributed by atoms with Crippen molar-refractivity contribution in [1.29, 1.82) is 0 Å². The summed E-state index contributed by atoms with van der Waals surface area (Å²) in [4.78, 5) is 10.8. The Morgan fingerprint density at radius 3 is 2.47 bits per heavy atom. The number of hydrogen-bond donors (Lipinski definition) is 2. The fourth-order valence-corrected chi connectivity index (χ4v) is 3.80.